The summed E-state index contributed by atoms with van der Waals surface area (Å²) in [5.41, 5.74) is 0.841. The molecule has 1 N–H and O–H groups in total. The summed E-state index contributed by atoms with van der Waals surface area (Å²) in [6.07, 6.45) is -1.53. The van der Waals surface area contributed by atoms with Crippen LogP contribution in [0.25, 0.3) is 5.65 Å². The zero-order valence-electron chi connectivity index (χ0n) is 12.7. The van der Waals surface area contributed by atoms with E-state index in [4.69, 9.17) is 0 Å². The van der Waals surface area contributed by atoms with Crippen LogP contribution in [0.5, 0.6) is 5.88 Å². The third-order valence-electron chi connectivity index (χ3n) is 3.17. The number of carbonyl (C=O) groups is 1. The maximum atomic E-state index is 12.1. The van der Waals surface area contributed by atoms with Crippen LogP contribution in [0.1, 0.15) is 16.2 Å². The molecule has 0 fully saturated rings. The van der Waals surface area contributed by atoms with Crippen molar-refractivity contribution in [2.45, 2.75) is 12.7 Å². The van der Waals surface area contributed by atoms with Gasteiger partial charge in [-0.1, -0.05) is 6.07 Å². The fourth-order valence-corrected chi connectivity index (χ4v) is 2.03. The van der Waals surface area contributed by atoms with Crippen LogP contribution in [0.4, 0.5) is 13.2 Å². The second-order valence-electron chi connectivity index (χ2n) is 5.02. The molecule has 7 nitrogen and oxygen atoms in total. The Kier molecular flexibility index (Phi) is 4.50. The SMILES string of the molecule is O=C(NCc1nnc2ccccn12)c1ccc(OCC(F)(F)F)nc1. The molecule has 3 aromatic heterocycles. The van der Waals surface area contributed by atoms with Crippen molar-refractivity contribution < 1.29 is 22.7 Å². The van der Waals surface area contributed by atoms with Gasteiger partial charge in [0.15, 0.2) is 18.1 Å². The van der Waals surface area contributed by atoms with E-state index in [9.17, 15) is 18.0 Å². The highest BCUT2D eigenvalue weighted by atomic mass is 19.4. The second kappa shape index (κ2) is 6.75. The summed E-state index contributed by atoms with van der Waals surface area (Å²) >= 11 is 0. The third-order valence-corrected chi connectivity index (χ3v) is 3.17. The lowest BCUT2D eigenvalue weighted by atomic mass is 10.2. The monoisotopic (exact) mass is 351 g/mol. The second-order valence-corrected chi connectivity index (χ2v) is 5.02. The standard InChI is InChI=1S/C15H12F3N5O2/c16-15(17,18)9-25-13-5-4-10(7-19-13)14(24)20-8-12-22-21-11-3-1-2-6-23(11)12/h1-7H,8-9H2,(H,20,24). The van der Waals surface area contributed by atoms with Crippen molar-refractivity contribution >= 4 is 11.6 Å². The topological polar surface area (TPSA) is 81.4 Å². The van der Waals surface area contributed by atoms with Gasteiger partial charge < -0.3 is 10.1 Å². The van der Waals surface area contributed by atoms with Crippen molar-refractivity contribution in [2.75, 3.05) is 6.61 Å². The molecule has 0 saturated carbocycles. The van der Waals surface area contributed by atoms with E-state index in [0.29, 0.717) is 11.5 Å². The van der Waals surface area contributed by atoms with Crippen molar-refractivity contribution in [1.29, 1.82) is 0 Å². The Bertz CT molecular complexity index is 877. The Morgan fingerprint density at radius 3 is 2.76 bits per heavy atom. The number of rotatable bonds is 5. The van der Waals surface area contributed by atoms with Crippen LogP contribution in [0.15, 0.2) is 42.7 Å². The molecule has 3 heterocycles. The number of aromatic nitrogens is 4. The molecule has 3 rings (SSSR count). The Hall–Kier alpha value is -3.17. The molecule has 3 aromatic rings. The van der Waals surface area contributed by atoms with Crippen molar-refractivity contribution in [3.8, 4) is 5.88 Å². The van der Waals surface area contributed by atoms with Gasteiger partial charge in [0.2, 0.25) is 5.88 Å². The van der Waals surface area contributed by atoms with E-state index in [1.165, 1.54) is 12.1 Å². The van der Waals surface area contributed by atoms with Gasteiger partial charge in [0.05, 0.1) is 12.1 Å². The third kappa shape index (κ3) is 4.22. The average Bonchev–Trinajstić information content (AvgIpc) is 3.01. The van der Waals surface area contributed by atoms with Gasteiger partial charge in [-0.15, -0.1) is 10.2 Å². The molecule has 0 bridgehead atoms. The predicted molar refractivity (Wildman–Crippen MR) is 79.9 cm³/mol. The largest absolute Gasteiger partial charge is 0.468 e. The highest BCUT2D eigenvalue weighted by Crippen LogP contribution is 2.17. The molecule has 0 aliphatic carbocycles. The molecule has 0 saturated heterocycles. The van der Waals surface area contributed by atoms with Crippen LogP contribution in [0, 0.1) is 0 Å². The summed E-state index contributed by atoms with van der Waals surface area (Å²) in [7, 11) is 0. The Morgan fingerprint density at radius 1 is 1.20 bits per heavy atom. The molecule has 0 spiro atoms. The lowest BCUT2D eigenvalue weighted by Gasteiger charge is -2.08. The van der Waals surface area contributed by atoms with Gasteiger partial charge >= 0.3 is 6.18 Å². The maximum Gasteiger partial charge on any atom is 0.422 e. The highest BCUT2D eigenvalue weighted by Gasteiger charge is 2.28. The van der Waals surface area contributed by atoms with E-state index in [0.717, 1.165) is 6.20 Å². The molecule has 0 aliphatic rings. The molecule has 10 heteroatoms. The number of hydrogen-bond acceptors (Lipinski definition) is 5. The molecule has 0 aliphatic heterocycles. The average molecular weight is 351 g/mol. The number of nitrogens with zero attached hydrogens (tertiary/aromatic N) is 4. The zero-order chi connectivity index (χ0) is 17.9. The van der Waals surface area contributed by atoms with Crippen molar-refractivity contribution in [2.24, 2.45) is 0 Å². The van der Waals surface area contributed by atoms with Crippen LogP contribution >= 0.6 is 0 Å². The van der Waals surface area contributed by atoms with Crippen LogP contribution in [0.3, 0.4) is 0 Å². The lowest BCUT2D eigenvalue weighted by molar-refractivity contribution is -0.154. The first-order valence-corrected chi connectivity index (χ1v) is 7.15. The van der Waals surface area contributed by atoms with E-state index >= 15 is 0 Å². The van der Waals surface area contributed by atoms with Crippen LogP contribution in [-0.4, -0.2) is 38.3 Å². The van der Waals surface area contributed by atoms with Crippen LogP contribution < -0.4 is 10.1 Å². The Morgan fingerprint density at radius 2 is 2.04 bits per heavy atom. The zero-order valence-corrected chi connectivity index (χ0v) is 12.7. The van der Waals surface area contributed by atoms with Gasteiger partial charge in [-0.3, -0.25) is 9.20 Å². The molecular weight excluding hydrogens is 339 g/mol. The van der Waals surface area contributed by atoms with Gasteiger partial charge in [0, 0.05) is 18.5 Å². The number of fused-ring (bicyclic) bond motifs is 1. The van der Waals surface area contributed by atoms with Gasteiger partial charge in [0.25, 0.3) is 5.91 Å². The van der Waals surface area contributed by atoms with E-state index in [1.54, 1.807) is 16.7 Å². The Balaban J connectivity index is 1.59. The van der Waals surface area contributed by atoms with Crippen molar-refractivity contribution in [1.82, 2.24) is 24.9 Å². The summed E-state index contributed by atoms with van der Waals surface area (Å²) in [5.74, 6) is -0.109. The number of hydrogen-bond donors (Lipinski definition) is 1. The first-order chi connectivity index (χ1) is 11.9. The maximum absolute atomic E-state index is 12.1. The van der Waals surface area contributed by atoms with E-state index in [-0.39, 0.29) is 18.0 Å². The van der Waals surface area contributed by atoms with Crippen molar-refractivity contribution in [3.05, 3.63) is 54.1 Å². The smallest absolute Gasteiger partial charge is 0.422 e. The van der Waals surface area contributed by atoms with Gasteiger partial charge in [0.1, 0.15) is 0 Å². The molecule has 0 aromatic carbocycles. The minimum Gasteiger partial charge on any atom is -0.468 e. The highest BCUT2D eigenvalue weighted by molar-refractivity contribution is 5.93. The summed E-state index contributed by atoms with van der Waals surface area (Å²) in [5, 5.41) is 10.6. The van der Waals surface area contributed by atoms with Gasteiger partial charge in [-0.25, -0.2) is 4.98 Å². The number of halogens is 3. The number of pyridine rings is 2. The summed E-state index contributed by atoms with van der Waals surface area (Å²) in [6, 6.07) is 7.94. The van der Waals surface area contributed by atoms with E-state index in [1.807, 2.05) is 12.1 Å². The summed E-state index contributed by atoms with van der Waals surface area (Å²) in [4.78, 5) is 15.8. The number of carbonyl (C=O) groups excluding carboxylic acids is 1. The fourth-order valence-electron chi connectivity index (χ4n) is 2.03. The molecular formula is C15H12F3N5O2. The minimum absolute atomic E-state index is 0.135. The van der Waals surface area contributed by atoms with Gasteiger partial charge in [-0.2, -0.15) is 13.2 Å². The lowest BCUT2D eigenvalue weighted by Crippen LogP contribution is -2.24. The molecule has 0 unspecified atom stereocenters. The summed E-state index contributed by atoms with van der Waals surface area (Å²) in [6.45, 7) is -1.30. The molecule has 0 radical (unpaired) electrons. The van der Waals surface area contributed by atoms with E-state index in [2.05, 4.69) is 25.2 Å². The molecule has 25 heavy (non-hydrogen) atoms. The fraction of sp³-hybridized carbons (Fsp3) is 0.200. The molecule has 130 valence electrons. The van der Waals surface area contributed by atoms with E-state index < -0.39 is 18.7 Å². The first kappa shape index (κ1) is 16.7. The van der Waals surface area contributed by atoms with Crippen LogP contribution in [0.2, 0.25) is 0 Å². The van der Waals surface area contributed by atoms with Crippen molar-refractivity contribution in [3.63, 3.8) is 0 Å². The number of nitrogens with one attached hydrogen (secondary N) is 1. The number of alkyl halides is 3. The summed E-state index contributed by atoms with van der Waals surface area (Å²) < 4.78 is 42.4. The number of amides is 1. The van der Waals surface area contributed by atoms with Gasteiger partial charge in [-0.05, 0) is 18.2 Å². The van der Waals surface area contributed by atoms with Crippen LogP contribution in [-0.2, 0) is 6.54 Å². The Labute approximate surface area is 139 Å². The molecule has 1 amide bonds. The normalized spacial score (nSPS) is 11.5. The quantitative estimate of drug-likeness (QED) is 0.760. The minimum atomic E-state index is -4.45. The predicted octanol–water partition coefficient (Wildman–Crippen LogP) is 2.00. The molecule has 0 atom stereocenters. The number of ether oxygens (including phenoxy) is 1. The first-order valence-electron chi connectivity index (χ1n) is 7.15.